The van der Waals surface area contributed by atoms with E-state index < -0.39 is 23.5 Å². The van der Waals surface area contributed by atoms with Crippen LogP contribution in [0.15, 0.2) is 4.52 Å². The van der Waals surface area contributed by atoms with Gasteiger partial charge in [0, 0.05) is 7.11 Å². The van der Waals surface area contributed by atoms with E-state index in [1.807, 2.05) is 0 Å². The van der Waals surface area contributed by atoms with Crippen molar-refractivity contribution >= 4 is 5.78 Å². The van der Waals surface area contributed by atoms with Crippen LogP contribution in [0, 0.1) is 0 Å². The molecule has 1 saturated carbocycles. The largest absolute Gasteiger partial charge is 0.450 e. The van der Waals surface area contributed by atoms with Gasteiger partial charge in [-0.05, 0) is 32.6 Å². The first-order chi connectivity index (χ1) is 9.30. The molecular formula is C12H15F3N2O3. The van der Waals surface area contributed by atoms with Gasteiger partial charge in [-0.3, -0.25) is 4.79 Å². The fraction of sp³-hybridized carbons (Fsp3) is 0.750. The SMILES string of the molecule is COC1(c2noc(C(C)C(=O)C(F)(F)F)n2)CCCC1. The average Bonchev–Trinajstić information content (AvgIpc) is 3.05. The molecule has 0 saturated heterocycles. The number of aromatic nitrogens is 2. The summed E-state index contributed by atoms with van der Waals surface area (Å²) < 4.78 is 47.3. The van der Waals surface area contributed by atoms with Crippen LogP contribution in [-0.2, 0) is 15.1 Å². The number of alkyl halides is 3. The molecule has 5 nitrogen and oxygen atoms in total. The number of ether oxygens (including phenoxy) is 1. The molecule has 0 N–H and O–H groups in total. The van der Waals surface area contributed by atoms with Gasteiger partial charge in [-0.1, -0.05) is 5.16 Å². The summed E-state index contributed by atoms with van der Waals surface area (Å²) in [4.78, 5) is 15.1. The Morgan fingerprint density at radius 2 is 2.00 bits per heavy atom. The number of carbonyl (C=O) groups excluding carboxylic acids is 1. The molecule has 2 rings (SSSR count). The van der Waals surface area contributed by atoms with E-state index in [0.717, 1.165) is 19.8 Å². The summed E-state index contributed by atoms with van der Waals surface area (Å²) in [5.74, 6) is -3.52. The van der Waals surface area contributed by atoms with Crippen molar-refractivity contribution < 1.29 is 27.2 Å². The van der Waals surface area contributed by atoms with Gasteiger partial charge in [-0.15, -0.1) is 0 Å². The highest BCUT2D eigenvalue weighted by atomic mass is 19.4. The van der Waals surface area contributed by atoms with Crippen molar-refractivity contribution in [1.82, 2.24) is 10.1 Å². The molecule has 0 aromatic carbocycles. The molecule has 0 aliphatic heterocycles. The number of Topliss-reactive ketones (excluding diaryl/α,β-unsaturated/α-hetero) is 1. The van der Waals surface area contributed by atoms with Crippen molar-refractivity contribution in [1.29, 1.82) is 0 Å². The number of hydrogen-bond acceptors (Lipinski definition) is 5. The third-order valence-corrected chi connectivity index (χ3v) is 3.69. The van der Waals surface area contributed by atoms with Crippen LogP contribution >= 0.6 is 0 Å². The van der Waals surface area contributed by atoms with Crippen LogP contribution in [0.25, 0.3) is 0 Å². The maximum absolute atomic E-state index is 12.4. The van der Waals surface area contributed by atoms with Crippen molar-refractivity contribution in [2.24, 2.45) is 0 Å². The van der Waals surface area contributed by atoms with Gasteiger partial charge in [0.05, 0.1) is 0 Å². The highest BCUT2D eigenvalue weighted by Crippen LogP contribution is 2.40. The highest BCUT2D eigenvalue weighted by molar-refractivity contribution is 5.89. The Balaban J connectivity index is 2.23. The third kappa shape index (κ3) is 2.56. The summed E-state index contributed by atoms with van der Waals surface area (Å²) in [5.41, 5.74) is -0.706. The molecule has 0 bridgehead atoms. The van der Waals surface area contributed by atoms with Crippen LogP contribution in [0.4, 0.5) is 13.2 Å². The lowest BCUT2D eigenvalue weighted by Gasteiger charge is -2.22. The Morgan fingerprint density at radius 3 is 2.50 bits per heavy atom. The average molecular weight is 292 g/mol. The number of rotatable bonds is 4. The van der Waals surface area contributed by atoms with E-state index in [-0.39, 0.29) is 11.7 Å². The van der Waals surface area contributed by atoms with Crippen LogP contribution in [-0.4, -0.2) is 29.2 Å². The smallest absolute Gasteiger partial charge is 0.370 e. The molecule has 8 heteroatoms. The van der Waals surface area contributed by atoms with Crippen molar-refractivity contribution in [3.8, 4) is 0 Å². The highest BCUT2D eigenvalue weighted by Gasteiger charge is 2.45. The topological polar surface area (TPSA) is 65.2 Å². The second-order valence-electron chi connectivity index (χ2n) is 4.95. The van der Waals surface area contributed by atoms with Crippen molar-refractivity contribution in [2.75, 3.05) is 7.11 Å². The van der Waals surface area contributed by atoms with Gasteiger partial charge < -0.3 is 9.26 Å². The van der Waals surface area contributed by atoms with Crippen LogP contribution in [0.5, 0.6) is 0 Å². The van der Waals surface area contributed by atoms with Crippen molar-refractivity contribution in [3.63, 3.8) is 0 Å². The zero-order chi connectivity index (χ0) is 15.0. The molecule has 1 atom stereocenters. The zero-order valence-electron chi connectivity index (χ0n) is 11.2. The van der Waals surface area contributed by atoms with E-state index in [2.05, 4.69) is 10.1 Å². The number of hydrogen-bond donors (Lipinski definition) is 0. The molecule has 1 aromatic heterocycles. The summed E-state index contributed by atoms with van der Waals surface area (Å²) in [6, 6.07) is 0. The lowest BCUT2D eigenvalue weighted by Crippen LogP contribution is -2.28. The van der Waals surface area contributed by atoms with E-state index in [1.54, 1.807) is 0 Å². The monoisotopic (exact) mass is 292 g/mol. The van der Waals surface area contributed by atoms with Gasteiger partial charge in [0.1, 0.15) is 11.5 Å². The van der Waals surface area contributed by atoms with E-state index in [0.29, 0.717) is 12.8 Å². The number of halogens is 3. The molecule has 1 aliphatic carbocycles. The minimum atomic E-state index is -4.92. The molecule has 1 fully saturated rings. The standard InChI is InChI=1S/C12H15F3N2O3/c1-7(8(18)12(13,14)15)9-16-10(17-20-9)11(19-2)5-3-4-6-11/h7H,3-6H2,1-2H3. The summed E-state index contributed by atoms with van der Waals surface area (Å²) in [6.07, 6.45) is -1.70. The molecule has 1 aromatic rings. The summed E-state index contributed by atoms with van der Waals surface area (Å²) >= 11 is 0. The number of nitrogens with zero attached hydrogens (tertiary/aromatic N) is 2. The lowest BCUT2D eigenvalue weighted by molar-refractivity contribution is -0.172. The third-order valence-electron chi connectivity index (χ3n) is 3.69. The molecule has 112 valence electrons. The molecule has 1 heterocycles. The Hall–Kier alpha value is -1.44. The van der Waals surface area contributed by atoms with Crippen LogP contribution < -0.4 is 0 Å². The molecule has 0 amide bonds. The maximum Gasteiger partial charge on any atom is 0.450 e. The summed E-state index contributed by atoms with van der Waals surface area (Å²) in [5, 5.41) is 3.70. The van der Waals surface area contributed by atoms with Crippen LogP contribution in [0.2, 0.25) is 0 Å². The first kappa shape index (κ1) is 15.0. The van der Waals surface area contributed by atoms with Gasteiger partial charge in [0.2, 0.25) is 17.5 Å². The van der Waals surface area contributed by atoms with Gasteiger partial charge in [-0.25, -0.2) is 0 Å². The van der Waals surface area contributed by atoms with E-state index >= 15 is 0 Å². The first-order valence-electron chi connectivity index (χ1n) is 6.30. The van der Waals surface area contributed by atoms with E-state index in [1.165, 1.54) is 7.11 Å². The van der Waals surface area contributed by atoms with E-state index in [4.69, 9.17) is 9.26 Å². The number of carbonyl (C=O) groups is 1. The van der Waals surface area contributed by atoms with Crippen molar-refractivity contribution in [2.45, 2.75) is 50.3 Å². The van der Waals surface area contributed by atoms with Crippen LogP contribution in [0.3, 0.4) is 0 Å². The van der Waals surface area contributed by atoms with Crippen LogP contribution in [0.1, 0.15) is 50.2 Å². The maximum atomic E-state index is 12.4. The summed E-state index contributed by atoms with van der Waals surface area (Å²) in [6.45, 7) is 1.10. The fourth-order valence-corrected chi connectivity index (χ4v) is 2.42. The normalized spacial score (nSPS) is 20.1. The molecule has 1 unspecified atom stereocenters. The predicted octanol–water partition coefficient (Wildman–Crippen LogP) is 2.72. The van der Waals surface area contributed by atoms with Gasteiger partial charge >= 0.3 is 6.18 Å². The van der Waals surface area contributed by atoms with Crippen molar-refractivity contribution in [3.05, 3.63) is 11.7 Å². The van der Waals surface area contributed by atoms with Gasteiger partial charge in [-0.2, -0.15) is 18.2 Å². The fourth-order valence-electron chi connectivity index (χ4n) is 2.42. The van der Waals surface area contributed by atoms with Gasteiger partial charge in [0.15, 0.2) is 0 Å². The van der Waals surface area contributed by atoms with Gasteiger partial charge in [0.25, 0.3) is 0 Å². The second kappa shape index (κ2) is 5.16. The minimum Gasteiger partial charge on any atom is -0.370 e. The molecular weight excluding hydrogens is 277 g/mol. The predicted molar refractivity (Wildman–Crippen MR) is 60.9 cm³/mol. The minimum absolute atomic E-state index is 0.217. The quantitative estimate of drug-likeness (QED) is 0.853. The molecule has 20 heavy (non-hydrogen) atoms. The first-order valence-corrected chi connectivity index (χ1v) is 6.30. The second-order valence-corrected chi connectivity index (χ2v) is 4.95. The molecule has 0 spiro atoms. The number of ketones is 1. The Bertz CT molecular complexity index is 492. The van der Waals surface area contributed by atoms with E-state index in [9.17, 15) is 18.0 Å². The Labute approximate surface area is 113 Å². The zero-order valence-corrected chi connectivity index (χ0v) is 11.2. The summed E-state index contributed by atoms with van der Waals surface area (Å²) in [7, 11) is 1.51. The molecule has 0 radical (unpaired) electrons. The lowest BCUT2D eigenvalue weighted by atomic mass is 10.0. The molecule has 1 aliphatic rings. The Morgan fingerprint density at radius 1 is 1.40 bits per heavy atom. The number of methoxy groups -OCH3 is 1. The Kier molecular flexibility index (Phi) is 3.86.